The predicted molar refractivity (Wildman–Crippen MR) is 103 cm³/mol. The van der Waals surface area contributed by atoms with Crippen molar-refractivity contribution in [1.29, 1.82) is 5.26 Å². The number of nitrogens with zero attached hydrogens (tertiary/aromatic N) is 1. The maximum absolute atomic E-state index is 9.08. The van der Waals surface area contributed by atoms with E-state index < -0.39 is 7.26 Å². The quantitative estimate of drug-likeness (QED) is 0.254. The van der Waals surface area contributed by atoms with E-state index in [4.69, 9.17) is 5.26 Å². The molecule has 0 fully saturated rings. The molecule has 0 spiro atoms. The van der Waals surface area contributed by atoms with Crippen molar-refractivity contribution in [3.8, 4) is 6.07 Å². The van der Waals surface area contributed by atoms with Gasteiger partial charge in [0.1, 0.15) is 0 Å². The standard InChI is InChI=1S/C14H30NP.6FH.Sb.3H/c1-4-7-11-16(14-10-15,12-8-5-2)13-9-6-3;;;;;;;;;;/h16H,4-9,11-14H2,1-3H3;6*1H;;;;. The first-order chi connectivity index (χ1) is 7.74. The van der Waals surface area contributed by atoms with Crippen LogP contribution in [0.3, 0.4) is 0 Å². The van der Waals surface area contributed by atoms with Crippen LogP contribution in [-0.2, 0) is 0 Å². The molecule has 0 aromatic heterocycles. The molecule has 23 heavy (non-hydrogen) atoms. The topological polar surface area (TPSA) is 23.8 Å². The van der Waals surface area contributed by atoms with E-state index >= 15 is 0 Å². The third-order valence-corrected chi connectivity index (χ3v) is 8.79. The summed E-state index contributed by atoms with van der Waals surface area (Å²) in [5.41, 5.74) is 0. The van der Waals surface area contributed by atoms with Gasteiger partial charge in [0, 0.05) is 0 Å². The van der Waals surface area contributed by atoms with Crippen LogP contribution in [0.5, 0.6) is 0 Å². The molecule has 0 aromatic rings. The summed E-state index contributed by atoms with van der Waals surface area (Å²) in [7, 11) is -1.22. The van der Waals surface area contributed by atoms with E-state index in [0.29, 0.717) is 0 Å². The minimum absolute atomic E-state index is 0. The van der Waals surface area contributed by atoms with Crippen LogP contribution in [0.25, 0.3) is 0 Å². The molecule has 0 N–H and O–H groups in total. The molecule has 0 aliphatic rings. The van der Waals surface area contributed by atoms with Crippen molar-refractivity contribution in [3.63, 3.8) is 0 Å². The third-order valence-electron chi connectivity index (χ3n) is 3.64. The number of halogens is 6. The fourth-order valence-corrected chi connectivity index (χ4v) is 7.39. The first kappa shape index (κ1) is 49.5. The molecule has 0 rings (SSSR count). The van der Waals surface area contributed by atoms with Gasteiger partial charge in [0.05, 0.1) is 0 Å². The summed E-state index contributed by atoms with van der Waals surface area (Å²) in [4.78, 5) is 0. The van der Waals surface area contributed by atoms with E-state index in [9.17, 15) is 0 Å². The number of hydrogen-bond acceptors (Lipinski definition) is 1. The molecule has 0 bridgehead atoms. The van der Waals surface area contributed by atoms with Crippen LogP contribution in [0.15, 0.2) is 0 Å². The van der Waals surface area contributed by atoms with E-state index in [-0.39, 0.29) is 52.7 Å². The Morgan fingerprint density at radius 1 is 0.652 bits per heavy atom. The van der Waals surface area contributed by atoms with Crippen LogP contribution < -0.4 is 0 Å². The molecule has 1 nitrogen and oxygen atoms in total. The fourth-order valence-electron chi connectivity index (χ4n) is 2.46. The van der Waals surface area contributed by atoms with E-state index in [0.717, 1.165) is 6.16 Å². The zero-order chi connectivity index (χ0) is 12.3. The van der Waals surface area contributed by atoms with Gasteiger partial charge in [-0.15, -0.1) is 0 Å². The molecular weight excluding hydrogens is 449 g/mol. The average Bonchev–Trinajstić information content (AvgIpc) is 2.31. The number of rotatable bonds is 10. The van der Waals surface area contributed by atoms with Gasteiger partial charge in [-0.25, -0.2) is 0 Å². The maximum atomic E-state index is 9.08. The van der Waals surface area contributed by atoms with E-state index in [1.54, 1.807) is 0 Å². The molecule has 0 radical (unpaired) electrons. The molecular formula is C14H39F6NPSb. The molecule has 0 atom stereocenters. The molecule has 0 saturated heterocycles. The van der Waals surface area contributed by atoms with Gasteiger partial charge in [-0.3, -0.25) is 28.2 Å². The summed E-state index contributed by atoms with van der Waals surface area (Å²) in [6, 6.07) is 2.50. The number of unbranched alkanes of at least 4 members (excludes halogenated alkanes) is 3. The van der Waals surface area contributed by atoms with Crippen molar-refractivity contribution in [2.45, 2.75) is 59.3 Å². The Balaban J connectivity index is -0.0000000536. The number of nitriles is 1. The molecule has 0 aliphatic heterocycles. The van der Waals surface area contributed by atoms with E-state index in [1.165, 1.54) is 57.0 Å². The van der Waals surface area contributed by atoms with Crippen molar-refractivity contribution < 1.29 is 28.2 Å². The summed E-state index contributed by atoms with van der Waals surface area (Å²) < 4.78 is 0. The van der Waals surface area contributed by atoms with Crippen LogP contribution in [0.4, 0.5) is 28.2 Å². The minimum atomic E-state index is -1.22. The molecule has 0 aromatic carbocycles. The fraction of sp³-hybridized carbons (Fsp3) is 0.929. The number of hydrogen-bond donors (Lipinski definition) is 0. The van der Waals surface area contributed by atoms with Crippen molar-refractivity contribution in [3.05, 3.63) is 0 Å². The van der Waals surface area contributed by atoms with Gasteiger partial charge < -0.3 is 0 Å². The Morgan fingerprint density at radius 3 is 1.09 bits per heavy atom. The van der Waals surface area contributed by atoms with Gasteiger partial charge in [0.2, 0.25) is 0 Å². The SMILES string of the molecule is CCCC[PH](CC#N)(CCCC)CCCC.F.F.F.F.F.F.[SbH3]. The summed E-state index contributed by atoms with van der Waals surface area (Å²) in [6.45, 7) is 6.81. The molecule has 0 aliphatic carbocycles. The monoisotopic (exact) mass is 487 g/mol. The Labute approximate surface area is 155 Å². The summed E-state index contributed by atoms with van der Waals surface area (Å²) in [5, 5.41) is 9.08. The Hall–Kier alpha value is 0.318. The molecule has 9 heteroatoms. The van der Waals surface area contributed by atoms with Gasteiger partial charge >= 0.3 is 127 Å². The summed E-state index contributed by atoms with van der Waals surface area (Å²) in [6.07, 6.45) is 13.0. The predicted octanol–water partition coefficient (Wildman–Crippen LogP) is 4.39. The van der Waals surface area contributed by atoms with Crippen molar-refractivity contribution in [1.82, 2.24) is 0 Å². The van der Waals surface area contributed by atoms with Gasteiger partial charge in [-0.2, -0.15) is 0 Å². The average molecular weight is 488 g/mol. The van der Waals surface area contributed by atoms with Crippen molar-refractivity contribution >= 4 is 31.7 Å². The van der Waals surface area contributed by atoms with Crippen LogP contribution in [0, 0.1) is 11.3 Å². The van der Waals surface area contributed by atoms with Gasteiger partial charge in [0.25, 0.3) is 0 Å². The van der Waals surface area contributed by atoms with Crippen LogP contribution in [0.2, 0.25) is 0 Å². The van der Waals surface area contributed by atoms with Crippen LogP contribution >= 0.6 is 7.26 Å². The van der Waals surface area contributed by atoms with Crippen LogP contribution in [-0.4, -0.2) is 49.1 Å². The summed E-state index contributed by atoms with van der Waals surface area (Å²) in [5.74, 6) is 0. The normalized spacial score (nSPS) is 8.61. The zero-order valence-electron chi connectivity index (χ0n) is 14.7. The second-order valence-electron chi connectivity index (χ2n) is 5.15. The summed E-state index contributed by atoms with van der Waals surface area (Å²) >= 11 is 0. The van der Waals surface area contributed by atoms with Crippen molar-refractivity contribution in [2.24, 2.45) is 0 Å². The van der Waals surface area contributed by atoms with Gasteiger partial charge in [-0.05, 0) is 0 Å². The Kier molecular flexibility index (Phi) is 72.8. The van der Waals surface area contributed by atoms with E-state index in [1.807, 2.05) is 0 Å². The molecule has 152 valence electrons. The third kappa shape index (κ3) is 24.7. The first-order valence-corrected chi connectivity index (χ1v) is 9.94. The zero-order valence-corrected chi connectivity index (χ0v) is 19.7. The Bertz CT molecular complexity index is 198. The second-order valence-corrected chi connectivity index (χ2v) is 10.00. The molecule has 0 unspecified atom stereocenters. The molecule has 0 amide bonds. The van der Waals surface area contributed by atoms with Crippen LogP contribution in [0.1, 0.15) is 59.3 Å². The first-order valence-electron chi connectivity index (χ1n) is 7.11. The molecule has 0 heterocycles. The Morgan fingerprint density at radius 2 is 0.913 bits per heavy atom. The molecule has 0 saturated carbocycles. The van der Waals surface area contributed by atoms with Gasteiger partial charge in [0.15, 0.2) is 0 Å². The van der Waals surface area contributed by atoms with Crippen molar-refractivity contribution in [2.75, 3.05) is 24.6 Å². The van der Waals surface area contributed by atoms with E-state index in [2.05, 4.69) is 26.8 Å². The van der Waals surface area contributed by atoms with Gasteiger partial charge in [-0.1, -0.05) is 0 Å². The second kappa shape index (κ2) is 33.8.